The molecule has 94 valence electrons. The van der Waals surface area contributed by atoms with E-state index in [1.807, 2.05) is 12.1 Å². The van der Waals surface area contributed by atoms with Crippen LogP contribution in [0.2, 0.25) is 0 Å². The summed E-state index contributed by atoms with van der Waals surface area (Å²) in [7, 11) is 0. The minimum Gasteiger partial charge on any atom is -0.351 e. The Morgan fingerprint density at radius 3 is 2.82 bits per heavy atom. The third-order valence-electron chi connectivity index (χ3n) is 3.44. The van der Waals surface area contributed by atoms with E-state index < -0.39 is 0 Å². The first-order chi connectivity index (χ1) is 8.19. The fourth-order valence-electron chi connectivity index (χ4n) is 1.94. The first-order valence-corrected chi connectivity index (χ1v) is 8.06. The van der Waals surface area contributed by atoms with Crippen LogP contribution in [0.3, 0.4) is 0 Å². The monoisotopic (exact) mass is 315 g/mol. The van der Waals surface area contributed by atoms with Crippen molar-refractivity contribution >= 4 is 33.2 Å². The second-order valence-electron chi connectivity index (χ2n) is 4.74. The lowest BCUT2D eigenvalue weighted by Crippen LogP contribution is -2.29. The van der Waals surface area contributed by atoms with E-state index in [-0.39, 0.29) is 5.91 Å². The molecule has 1 aliphatic rings. The molecule has 1 saturated carbocycles. The van der Waals surface area contributed by atoms with Gasteiger partial charge < -0.3 is 5.32 Å². The molecule has 1 N–H and O–H groups in total. The third-order valence-corrected chi connectivity index (χ3v) is 5.06. The summed E-state index contributed by atoms with van der Waals surface area (Å²) in [6.45, 7) is 2.94. The van der Waals surface area contributed by atoms with Crippen LogP contribution in [0.4, 0.5) is 0 Å². The van der Waals surface area contributed by atoms with Crippen LogP contribution in [0, 0.1) is 5.41 Å². The second-order valence-corrected chi connectivity index (χ2v) is 6.70. The summed E-state index contributed by atoms with van der Waals surface area (Å²) < 4.78 is 0. The summed E-state index contributed by atoms with van der Waals surface area (Å²) in [6, 6.07) is 3.98. The molecular weight excluding hydrogens is 298 g/mol. The van der Waals surface area contributed by atoms with Crippen LogP contribution in [0.15, 0.2) is 12.1 Å². The number of aryl methyl sites for hydroxylation is 1. The molecule has 0 bridgehead atoms. The molecule has 1 amide bonds. The topological polar surface area (TPSA) is 29.1 Å². The largest absolute Gasteiger partial charge is 0.351 e. The zero-order valence-electron chi connectivity index (χ0n) is 10.1. The molecule has 0 spiro atoms. The maximum atomic E-state index is 11.9. The van der Waals surface area contributed by atoms with Gasteiger partial charge in [0.2, 0.25) is 0 Å². The van der Waals surface area contributed by atoms with E-state index >= 15 is 0 Å². The second kappa shape index (κ2) is 5.53. The number of halogens is 1. The summed E-state index contributed by atoms with van der Waals surface area (Å²) in [5, 5.41) is 4.10. The van der Waals surface area contributed by atoms with E-state index in [1.54, 1.807) is 11.3 Å². The molecule has 2 nitrogen and oxygen atoms in total. The van der Waals surface area contributed by atoms with Crippen LogP contribution < -0.4 is 5.32 Å². The number of hydrogen-bond donors (Lipinski definition) is 1. The minimum absolute atomic E-state index is 0.0931. The molecule has 0 unspecified atom stereocenters. The van der Waals surface area contributed by atoms with Crippen LogP contribution in [0.25, 0.3) is 0 Å². The van der Waals surface area contributed by atoms with Crippen LogP contribution in [-0.4, -0.2) is 17.8 Å². The lowest BCUT2D eigenvalue weighted by atomic mass is 10.0. The van der Waals surface area contributed by atoms with E-state index in [2.05, 4.69) is 28.2 Å². The molecule has 1 aliphatic carbocycles. The quantitative estimate of drug-likeness (QED) is 0.798. The van der Waals surface area contributed by atoms with Crippen molar-refractivity contribution in [3.05, 3.63) is 21.9 Å². The number of rotatable bonds is 6. The highest BCUT2D eigenvalue weighted by atomic mass is 79.9. The Morgan fingerprint density at radius 2 is 2.29 bits per heavy atom. The zero-order valence-corrected chi connectivity index (χ0v) is 12.5. The SMILES string of the molecule is CCc1ccc(C(=O)NCC2(CCBr)CC2)s1. The molecule has 1 fully saturated rings. The number of carbonyl (C=O) groups is 1. The maximum absolute atomic E-state index is 11.9. The Hall–Kier alpha value is -0.350. The van der Waals surface area contributed by atoms with Crippen LogP contribution in [0.1, 0.15) is 40.7 Å². The van der Waals surface area contributed by atoms with E-state index in [0.29, 0.717) is 5.41 Å². The van der Waals surface area contributed by atoms with Crippen molar-refractivity contribution in [1.29, 1.82) is 0 Å². The van der Waals surface area contributed by atoms with Gasteiger partial charge in [-0.2, -0.15) is 0 Å². The predicted molar refractivity (Wildman–Crippen MR) is 76.1 cm³/mol. The average molecular weight is 316 g/mol. The fourth-order valence-corrected chi connectivity index (χ4v) is 3.64. The van der Waals surface area contributed by atoms with Gasteiger partial charge in [0.15, 0.2) is 0 Å². The van der Waals surface area contributed by atoms with E-state index in [0.717, 1.165) is 29.6 Å². The average Bonchev–Trinajstić information content (AvgIpc) is 2.93. The minimum atomic E-state index is 0.0931. The van der Waals surface area contributed by atoms with Gasteiger partial charge in [0.25, 0.3) is 5.91 Å². The Balaban J connectivity index is 1.85. The van der Waals surface area contributed by atoms with Crippen LogP contribution in [-0.2, 0) is 6.42 Å². The number of alkyl halides is 1. The van der Waals surface area contributed by atoms with E-state index in [1.165, 1.54) is 17.7 Å². The van der Waals surface area contributed by atoms with Crippen molar-refractivity contribution in [3.63, 3.8) is 0 Å². The first kappa shape index (κ1) is 13.1. The van der Waals surface area contributed by atoms with Crippen LogP contribution in [0.5, 0.6) is 0 Å². The van der Waals surface area contributed by atoms with Crippen molar-refractivity contribution < 1.29 is 4.79 Å². The molecule has 2 rings (SSSR count). The molecule has 17 heavy (non-hydrogen) atoms. The van der Waals surface area contributed by atoms with Gasteiger partial charge >= 0.3 is 0 Å². The third kappa shape index (κ3) is 3.32. The number of amides is 1. The fraction of sp³-hybridized carbons (Fsp3) is 0.615. The molecule has 0 atom stereocenters. The van der Waals surface area contributed by atoms with Gasteiger partial charge in [-0.05, 0) is 43.2 Å². The molecule has 0 aliphatic heterocycles. The van der Waals surface area contributed by atoms with Crippen molar-refractivity contribution in [3.8, 4) is 0 Å². The van der Waals surface area contributed by atoms with Gasteiger partial charge in [0, 0.05) is 16.8 Å². The summed E-state index contributed by atoms with van der Waals surface area (Å²) in [5.74, 6) is 0.0931. The number of hydrogen-bond acceptors (Lipinski definition) is 2. The summed E-state index contributed by atoms with van der Waals surface area (Å²) in [4.78, 5) is 14.1. The van der Waals surface area contributed by atoms with Gasteiger partial charge in [-0.1, -0.05) is 22.9 Å². The Bertz CT molecular complexity index is 398. The van der Waals surface area contributed by atoms with Crippen molar-refractivity contribution in [2.75, 3.05) is 11.9 Å². The maximum Gasteiger partial charge on any atom is 0.261 e. The van der Waals surface area contributed by atoms with Crippen molar-refractivity contribution in [1.82, 2.24) is 5.32 Å². The summed E-state index contributed by atoms with van der Waals surface area (Å²) in [5.41, 5.74) is 0.393. The lowest BCUT2D eigenvalue weighted by Gasteiger charge is -2.13. The normalized spacial score (nSPS) is 16.8. The van der Waals surface area contributed by atoms with Gasteiger partial charge in [-0.25, -0.2) is 0 Å². The molecule has 0 saturated heterocycles. The molecule has 0 aromatic carbocycles. The molecule has 1 aromatic rings. The van der Waals surface area contributed by atoms with E-state index in [4.69, 9.17) is 0 Å². The highest BCUT2D eigenvalue weighted by molar-refractivity contribution is 9.09. The Kier molecular flexibility index (Phi) is 4.26. The van der Waals surface area contributed by atoms with Gasteiger partial charge in [0.05, 0.1) is 4.88 Å². The van der Waals surface area contributed by atoms with Crippen molar-refractivity contribution in [2.24, 2.45) is 5.41 Å². The van der Waals surface area contributed by atoms with Crippen LogP contribution >= 0.6 is 27.3 Å². The molecule has 0 radical (unpaired) electrons. The summed E-state index contributed by atoms with van der Waals surface area (Å²) in [6.07, 6.45) is 4.68. The highest BCUT2D eigenvalue weighted by Crippen LogP contribution is 2.48. The Morgan fingerprint density at radius 1 is 1.53 bits per heavy atom. The van der Waals surface area contributed by atoms with E-state index in [9.17, 15) is 4.79 Å². The lowest BCUT2D eigenvalue weighted by molar-refractivity contribution is 0.0948. The molecular formula is C13H18BrNOS. The zero-order chi connectivity index (χ0) is 12.3. The Labute approximate surface area is 115 Å². The first-order valence-electron chi connectivity index (χ1n) is 6.12. The highest BCUT2D eigenvalue weighted by Gasteiger charge is 2.41. The number of carbonyl (C=O) groups excluding carboxylic acids is 1. The van der Waals surface area contributed by atoms with Crippen molar-refractivity contribution in [2.45, 2.75) is 32.6 Å². The van der Waals surface area contributed by atoms with Gasteiger partial charge in [0.1, 0.15) is 0 Å². The number of thiophene rings is 1. The smallest absolute Gasteiger partial charge is 0.261 e. The summed E-state index contributed by atoms with van der Waals surface area (Å²) >= 11 is 5.08. The molecule has 1 heterocycles. The van der Waals surface area contributed by atoms with Gasteiger partial charge in [-0.3, -0.25) is 4.79 Å². The molecule has 4 heteroatoms. The standard InChI is InChI=1S/C13H18BrNOS/c1-2-10-3-4-11(17-10)12(16)15-9-13(5-6-13)7-8-14/h3-4H,2,5-9H2,1H3,(H,15,16). The molecule has 1 aromatic heterocycles. The number of nitrogens with one attached hydrogen (secondary N) is 1. The van der Waals surface area contributed by atoms with Gasteiger partial charge in [-0.15, -0.1) is 11.3 Å². The predicted octanol–water partition coefficient (Wildman–Crippen LogP) is 3.61.